The molecule has 0 saturated heterocycles. The summed E-state index contributed by atoms with van der Waals surface area (Å²) in [7, 11) is 0. The molecule has 0 fully saturated rings. The molecule has 1 heterocycles. The fraction of sp³-hybridized carbons (Fsp3) is 0.429. The summed E-state index contributed by atoms with van der Waals surface area (Å²) < 4.78 is 6.95. The molecule has 0 saturated carbocycles. The Kier molecular flexibility index (Phi) is 2.77. The maximum Gasteiger partial charge on any atom is 0.297 e. The second kappa shape index (κ2) is 3.99. The smallest absolute Gasteiger partial charge is 0.297 e. The molecule has 17 heavy (non-hydrogen) atoms. The molecule has 0 unspecified atom stereocenters. The van der Waals surface area contributed by atoms with Crippen LogP contribution in [0, 0.1) is 6.92 Å². The van der Waals surface area contributed by atoms with Gasteiger partial charge in [-0.2, -0.15) is 4.58 Å². The van der Waals surface area contributed by atoms with E-state index in [4.69, 9.17) is 4.74 Å². The number of nitrogens with zero attached hydrogens (tertiary/aromatic N) is 1. The second-order valence-corrected chi connectivity index (χ2v) is 5.05. The molecule has 0 atom stereocenters. The number of ether oxygens (including phenoxy) is 1. The van der Waals surface area contributed by atoms with Crippen LogP contribution in [0.15, 0.2) is 18.2 Å². The Morgan fingerprint density at radius 3 is 2.71 bits per heavy atom. The van der Waals surface area contributed by atoms with Crippen molar-refractivity contribution >= 4 is 17.9 Å². The molecule has 1 aliphatic heterocycles. The fourth-order valence-electron chi connectivity index (χ4n) is 2.37. The predicted octanol–water partition coefficient (Wildman–Crippen LogP) is 2.52. The van der Waals surface area contributed by atoms with Crippen molar-refractivity contribution in [2.24, 2.45) is 0 Å². The van der Waals surface area contributed by atoms with Crippen LogP contribution in [0.1, 0.15) is 31.9 Å². The van der Waals surface area contributed by atoms with Gasteiger partial charge in [0.15, 0.2) is 5.71 Å². The van der Waals surface area contributed by atoms with Gasteiger partial charge in [0, 0.05) is 18.6 Å². The number of benzene rings is 1. The van der Waals surface area contributed by atoms with Crippen molar-refractivity contribution in [1.29, 1.82) is 0 Å². The molecule has 1 aromatic carbocycles. The van der Waals surface area contributed by atoms with Gasteiger partial charge >= 0.3 is 0 Å². The Morgan fingerprint density at radius 2 is 2.06 bits per heavy atom. The van der Waals surface area contributed by atoms with Gasteiger partial charge in [-0.05, 0) is 26.8 Å². The minimum Gasteiger partial charge on any atom is -0.407 e. The zero-order valence-corrected chi connectivity index (χ0v) is 10.8. The van der Waals surface area contributed by atoms with Crippen molar-refractivity contribution < 1.29 is 14.1 Å². The van der Waals surface area contributed by atoms with Crippen LogP contribution in [-0.2, 0) is 14.9 Å². The number of hydrogen-bond donors (Lipinski definition) is 0. The Balaban J connectivity index is 2.54. The summed E-state index contributed by atoms with van der Waals surface area (Å²) in [5.41, 5.74) is 4.89. The molecule has 0 radical (unpaired) electrons. The Morgan fingerprint density at radius 1 is 1.35 bits per heavy atom. The van der Waals surface area contributed by atoms with Crippen LogP contribution in [0.3, 0.4) is 0 Å². The maximum absolute atomic E-state index is 10.3. The highest BCUT2D eigenvalue weighted by Gasteiger charge is 2.43. The third-order valence-corrected chi connectivity index (χ3v) is 3.70. The van der Waals surface area contributed by atoms with Gasteiger partial charge in [-0.1, -0.05) is 11.6 Å². The number of rotatable bonds is 3. The van der Waals surface area contributed by atoms with E-state index in [0.29, 0.717) is 6.47 Å². The highest BCUT2D eigenvalue weighted by molar-refractivity contribution is 5.93. The number of hydrogen-bond acceptors (Lipinski definition) is 2. The molecule has 0 aromatic heterocycles. The van der Waals surface area contributed by atoms with Crippen LogP contribution in [0.5, 0.6) is 0 Å². The van der Waals surface area contributed by atoms with E-state index in [1.807, 2.05) is 0 Å². The lowest BCUT2D eigenvalue weighted by molar-refractivity contribution is -0.480. The largest absolute Gasteiger partial charge is 0.407 e. The normalized spacial score (nSPS) is 16.9. The highest BCUT2D eigenvalue weighted by Crippen LogP contribution is 2.39. The SMILES string of the molecule is CC1=[N+](COC=O)c2ccc(C)cc2C1(C)C. The molecule has 2 rings (SSSR count). The molecule has 3 heteroatoms. The summed E-state index contributed by atoms with van der Waals surface area (Å²) in [5.74, 6) is 0. The zero-order valence-electron chi connectivity index (χ0n) is 10.8. The third kappa shape index (κ3) is 1.75. The fourth-order valence-corrected chi connectivity index (χ4v) is 2.37. The first-order chi connectivity index (χ1) is 7.98. The average molecular weight is 232 g/mol. The van der Waals surface area contributed by atoms with E-state index in [-0.39, 0.29) is 12.1 Å². The summed E-state index contributed by atoms with van der Waals surface area (Å²) in [4.78, 5) is 10.3. The van der Waals surface area contributed by atoms with Crippen LogP contribution in [0.2, 0.25) is 0 Å². The summed E-state index contributed by atoms with van der Waals surface area (Å²) in [6.45, 7) is 9.35. The third-order valence-electron chi connectivity index (χ3n) is 3.70. The Labute approximate surface area is 102 Å². The van der Waals surface area contributed by atoms with E-state index in [2.05, 4.69) is 50.5 Å². The average Bonchev–Trinajstić information content (AvgIpc) is 2.47. The van der Waals surface area contributed by atoms with Crippen molar-refractivity contribution in [1.82, 2.24) is 0 Å². The number of aryl methyl sites for hydroxylation is 1. The number of fused-ring (bicyclic) bond motifs is 1. The Bertz CT molecular complexity index is 501. The zero-order chi connectivity index (χ0) is 12.6. The molecule has 3 nitrogen and oxygen atoms in total. The lowest BCUT2D eigenvalue weighted by Gasteiger charge is -2.15. The van der Waals surface area contributed by atoms with Crippen molar-refractivity contribution in [2.75, 3.05) is 6.73 Å². The monoisotopic (exact) mass is 232 g/mol. The molecule has 90 valence electrons. The quantitative estimate of drug-likeness (QED) is 0.592. The first-order valence-electron chi connectivity index (χ1n) is 5.76. The summed E-state index contributed by atoms with van der Waals surface area (Å²) in [5, 5.41) is 0. The lowest BCUT2D eigenvalue weighted by Crippen LogP contribution is -2.27. The van der Waals surface area contributed by atoms with Gasteiger partial charge in [0.2, 0.25) is 5.69 Å². The first-order valence-corrected chi connectivity index (χ1v) is 5.76. The Hall–Kier alpha value is -1.64. The van der Waals surface area contributed by atoms with E-state index < -0.39 is 0 Å². The van der Waals surface area contributed by atoms with Gasteiger partial charge in [-0.25, -0.2) is 0 Å². The van der Waals surface area contributed by atoms with Gasteiger partial charge in [0.1, 0.15) is 0 Å². The molecule has 0 amide bonds. The van der Waals surface area contributed by atoms with Gasteiger partial charge in [-0.15, -0.1) is 0 Å². The van der Waals surface area contributed by atoms with Gasteiger partial charge in [0.25, 0.3) is 13.2 Å². The molecule has 0 aliphatic carbocycles. The molecule has 1 aliphatic rings. The van der Waals surface area contributed by atoms with Crippen molar-refractivity contribution in [3.63, 3.8) is 0 Å². The molecule has 1 aromatic rings. The number of carbonyl (C=O) groups excluding carboxylic acids is 1. The van der Waals surface area contributed by atoms with E-state index >= 15 is 0 Å². The van der Waals surface area contributed by atoms with E-state index in [1.165, 1.54) is 16.8 Å². The molecule has 0 N–H and O–H groups in total. The minimum atomic E-state index is -0.00635. The second-order valence-electron chi connectivity index (χ2n) is 5.05. The summed E-state index contributed by atoms with van der Waals surface area (Å²) in [6.07, 6.45) is 0. The van der Waals surface area contributed by atoms with E-state index in [1.54, 1.807) is 0 Å². The molecule has 0 bridgehead atoms. The van der Waals surface area contributed by atoms with Crippen LogP contribution in [-0.4, -0.2) is 23.5 Å². The van der Waals surface area contributed by atoms with E-state index in [9.17, 15) is 4.79 Å². The van der Waals surface area contributed by atoms with Gasteiger partial charge in [-0.3, -0.25) is 4.79 Å². The lowest BCUT2D eigenvalue weighted by atomic mass is 9.82. The van der Waals surface area contributed by atoms with E-state index in [0.717, 1.165) is 5.69 Å². The van der Waals surface area contributed by atoms with Crippen molar-refractivity contribution in [2.45, 2.75) is 33.1 Å². The highest BCUT2D eigenvalue weighted by atomic mass is 16.5. The van der Waals surface area contributed by atoms with Gasteiger partial charge < -0.3 is 4.74 Å². The van der Waals surface area contributed by atoms with Crippen molar-refractivity contribution in [3.05, 3.63) is 29.3 Å². The van der Waals surface area contributed by atoms with Crippen molar-refractivity contribution in [3.8, 4) is 0 Å². The van der Waals surface area contributed by atoms with Crippen LogP contribution < -0.4 is 0 Å². The molecular formula is C14H18NO2+. The first kappa shape index (κ1) is 11.8. The standard InChI is InChI=1S/C14H18NO2/c1-10-5-6-13-12(7-10)14(3,4)11(2)15(13)8-17-9-16/h5-7,9H,8H2,1-4H3/q+1. The van der Waals surface area contributed by atoms with Crippen LogP contribution in [0.4, 0.5) is 5.69 Å². The maximum atomic E-state index is 10.3. The molecular weight excluding hydrogens is 214 g/mol. The topological polar surface area (TPSA) is 29.3 Å². The van der Waals surface area contributed by atoms with Crippen LogP contribution in [0.25, 0.3) is 0 Å². The molecule has 0 spiro atoms. The van der Waals surface area contributed by atoms with Gasteiger partial charge in [0.05, 0.1) is 5.41 Å². The summed E-state index contributed by atoms with van der Waals surface area (Å²) >= 11 is 0. The van der Waals surface area contributed by atoms with Crippen LogP contribution >= 0.6 is 0 Å². The summed E-state index contributed by atoms with van der Waals surface area (Å²) in [6, 6.07) is 6.39. The predicted molar refractivity (Wildman–Crippen MR) is 66.8 cm³/mol. The minimum absolute atomic E-state index is 0.00635. The number of carbonyl (C=O) groups is 1.